The highest BCUT2D eigenvalue weighted by molar-refractivity contribution is 5.98. The number of carbonyl (C=O) groups excluding carboxylic acids is 1. The lowest BCUT2D eigenvalue weighted by Crippen LogP contribution is -2.44. The third-order valence-corrected chi connectivity index (χ3v) is 4.95. The van der Waals surface area contributed by atoms with Crippen molar-refractivity contribution >= 4 is 23.1 Å². The molecular formula is C24H26N6O3. The Morgan fingerprint density at radius 2 is 1.91 bits per heavy atom. The van der Waals surface area contributed by atoms with Gasteiger partial charge in [0.1, 0.15) is 5.82 Å². The van der Waals surface area contributed by atoms with Crippen LogP contribution in [0.5, 0.6) is 0 Å². The van der Waals surface area contributed by atoms with Crippen LogP contribution in [0.1, 0.15) is 25.0 Å². The molecule has 1 amide bonds. The zero-order valence-electron chi connectivity index (χ0n) is 18.5. The molecule has 0 radical (unpaired) electrons. The maximum absolute atomic E-state index is 13.2. The second kappa shape index (κ2) is 10.3. The number of amides is 1. The summed E-state index contributed by atoms with van der Waals surface area (Å²) in [4.78, 5) is 42.0. The molecular weight excluding hydrogens is 420 g/mol. The molecule has 0 unspecified atom stereocenters. The molecule has 1 aromatic heterocycles. The van der Waals surface area contributed by atoms with Crippen molar-refractivity contribution in [2.45, 2.75) is 20.4 Å². The van der Waals surface area contributed by atoms with Crippen LogP contribution in [0.3, 0.4) is 0 Å². The first-order chi connectivity index (χ1) is 15.8. The Hall–Kier alpha value is -4.32. The van der Waals surface area contributed by atoms with Crippen LogP contribution in [0, 0.1) is 17.2 Å². The van der Waals surface area contributed by atoms with E-state index in [2.05, 4.69) is 10.3 Å². The summed E-state index contributed by atoms with van der Waals surface area (Å²) in [6.45, 7) is 4.08. The summed E-state index contributed by atoms with van der Waals surface area (Å²) in [6, 6.07) is 18.0. The standard InChI is InChI=1S/C24H26N6O3/c1-16(2)14-29(20(31)13-27-19-10-6-9-18(11-19)12-25)21-22(26)30(24(33)28-23(21)32)15-17-7-4-3-5-8-17/h3-11,16,27H,13-15,26H2,1-2H3,(H,28,32,33). The van der Waals surface area contributed by atoms with Gasteiger partial charge in [0.25, 0.3) is 5.56 Å². The summed E-state index contributed by atoms with van der Waals surface area (Å²) in [5.74, 6) is -0.439. The largest absolute Gasteiger partial charge is 0.383 e. The molecule has 9 nitrogen and oxygen atoms in total. The van der Waals surface area contributed by atoms with Crippen LogP contribution < -0.4 is 27.2 Å². The summed E-state index contributed by atoms with van der Waals surface area (Å²) in [5, 5.41) is 12.0. The van der Waals surface area contributed by atoms with Gasteiger partial charge in [0.05, 0.1) is 24.7 Å². The van der Waals surface area contributed by atoms with Crippen LogP contribution in [0.15, 0.2) is 64.2 Å². The van der Waals surface area contributed by atoms with Crippen LogP contribution in [-0.2, 0) is 11.3 Å². The minimum atomic E-state index is -0.720. The molecule has 9 heteroatoms. The Kier molecular flexibility index (Phi) is 7.31. The van der Waals surface area contributed by atoms with Crippen molar-refractivity contribution in [3.05, 3.63) is 86.6 Å². The molecule has 0 spiro atoms. The van der Waals surface area contributed by atoms with Crippen molar-refractivity contribution in [1.82, 2.24) is 9.55 Å². The van der Waals surface area contributed by atoms with Gasteiger partial charge in [0.15, 0.2) is 5.69 Å². The normalized spacial score (nSPS) is 10.6. The molecule has 0 saturated carbocycles. The molecule has 2 aromatic carbocycles. The lowest BCUT2D eigenvalue weighted by Gasteiger charge is -2.26. The summed E-state index contributed by atoms with van der Waals surface area (Å²) in [6.07, 6.45) is 0. The molecule has 0 atom stereocenters. The number of hydrogen-bond acceptors (Lipinski definition) is 6. The quantitative estimate of drug-likeness (QED) is 0.485. The highest BCUT2D eigenvalue weighted by Crippen LogP contribution is 2.20. The molecule has 33 heavy (non-hydrogen) atoms. The first kappa shape index (κ1) is 23.3. The van der Waals surface area contributed by atoms with Crippen molar-refractivity contribution in [1.29, 1.82) is 5.26 Å². The topological polar surface area (TPSA) is 137 Å². The SMILES string of the molecule is CC(C)CN(C(=O)CNc1cccc(C#N)c1)c1c(N)n(Cc2ccccc2)c(=O)[nH]c1=O. The van der Waals surface area contributed by atoms with Gasteiger partial charge in [0.2, 0.25) is 5.91 Å². The Morgan fingerprint density at radius 3 is 2.58 bits per heavy atom. The molecule has 4 N–H and O–H groups in total. The predicted molar refractivity (Wildman–Crippen MR) is 128 cm³/mol. The van der Waals surface area contributed by atoms with E-state index in [1.54, 1.807) is 24.3 Å². The van der Waals surface area contributed by atoms with E-state index in [0.717, 1.165) is 5.56 Å². The molecule has 170 valence electrons. The number of hydrogen-bond donors (Lipinski definition) is 3. The number of benzene rings is 2. The average Bonchev–Trinajstić information content (AvgIpc) is 2.80. The van der Waals surface area contributed by atoms with Crippen LogP contribution in [-0.4, -0.2) is 28.5 Å². The van der Waals surface area contributed by atoms with Gasteiger partial charge in [-0.1, -0.05) is 50.2 Å². The number of nitrogens with two attached hydrogens (primary N) is 1. The minimum Gasteiger partial charge on any atom is -0.383 e. The smallest absolute Gasteiger partial charge is 0.330 e. The molecule has 0 fully saturated rings. The Balaban J connectivity index is 1.95. The second-order valence-electron chi connectivity index (χ2n) is 8.01. The van der Waals surface area contributed by atoms with Gasteiger partial charge in [-0.05, 0) is 29.7 Å². The number of aromatic amines is 1. The highest BCUT2D eigenvalue weighted by Gasteiger charge is 2.25. The Bertz CT molecular complexity index is 1290. The molecule has 0 bridgehead atoms. The summed E-state index contributed by atoms with van der Waals surface area (Å²) in [5.41, 5.74) is 6.74. The van der Waals surface area contributed by atoms with Gasteiger partial charge in [-0.2, -0.15) is 5.26 Å². The summed E-state index contributed by atoms with van der Waals surface area (Å²) in [7, 11) is 0. The van der Waals surface area contributed by atoms with Gasteiger partial charge >= 0.3 is 5.69 Å². The van der Waals surface area contributed by atoms with Crippen molar-refractivity contribution in [3.63, 3.8) is 0 Å². The molecule has 0 aliphatic rings. The summed E-state index contributed by atoms with van der Waals surface area (Å²) < 4.78 is 1.25. The van der Waals surface area contributed by atoms with Gasteiger partial charge < -0.3 is 16.0 Å². The zero-order valence-corrected chi connectivity index (χ0v) is 18.5. The number of aromatic nitrogens is 2. The minimum absolute atomic E-state index is 0.0316. The number of anilines is 3. The number of rotatable bonds is 8. The van der Waals surface area contributed by atoms with E-state index in [4.69, 9.17) is 11.0 Å². The fourth-order valence-corrected chi connectivity index (χ4v) is 3.42. The molecule has 3 rings (SSSR count). The van der Waals surface area contributed by atoms with Gasteiger partial charge in [-0.25, -0.2) is 4.79 Å². The lowest BCUT2D eigenvalue weighted by molar-refractivity contribution is -0.117. The number of nitrogen functional groups attached to an aromatic ring is 1. The van der Waals surface area contributed by atoms with Crippen molar-refractivity contribution in [2.24, 2.45) is 5.92 Å². The van der Waals surface area contributed by atoms with E-state index >= 15 is 0 Å². The Labute approximate surface area is 191 Å². The van der Waals surface area contributed by atoms with Gasteiger partial charge in [-0.15, -0.1) is 0 Å². The predicted octanol–water partition coefficient (Wildman–Crippen LogP) is 2.14. The fourth-order valence-electron chi connectivity index (χ4n) is 3.42. The van der Waals surface area contributed by atoms with Gasteiger partial charge in [-0.3, -0.25) is 19.1 Å². The van der Waals surface area contributed by atoms with Gasteiger partial charge in [0, 0.05) is 12.2 Å². The van der Waals surface area contributed by atoms with E-state index in [-0.39, 0.29) is 37.1 Å². The maximum atomic E-state index is 13.2. The van der Waals surface area contributed by atoms with E-state index in [0.29, 0.717) is 11.3 Å². The van der Waals surface area contributed by atoms with Crippen molar-refractivity contribution in [2.75, 3.05) is 29.0 Å². The van der Waals surface area contributed by atoms with E-state index < -0.39 is 17.2 Å². The number of nitriles is 1. The highest BCUT2D eigenvalue weighted by atomic mass is 16.2. The maximum Gasteiger partial charge on any atom is 0.330 e. The third kappa shape index (κ3) is 5.68. The number of nitrogens with zero attached hydrogens (tertiary/aromatic N) is 3. The zero-order chi connectivity index (χ0) is 24.0. The molecule has 0 aliphatic heterocycles. The first-order valence-electron chi connectivity index (χ1n) is 10.5. The molecule has 1 heterocycles. The van der Waals surface area contributed by atoms with E-state index in [1.165, 1.54) is 9.47 Å². The average molecular weight is 447 g/mol. The van der Waals surface area contributed by atoms with Crippen LogP contribution in [0.2, 0.25) is 0 Å². The summed E-state index contributed by atoms with van der Waals surface area (Å²) >= 11 is 0. The van der Waals surface area contributed by atoms with E-state index in [9.17, 15) is 14.4 Å². The number of H-pyrrole nitrogens is 1. The van der Waals surface area contributed by atoms with Crippen molar-refractivity contribution in [3.8, 4) is 6.07 Å². The first-order valence-corrected chi connectivity index (χ1v) is 10.5. The monoisotopic (exact) mass is 446 g/mol. The molecule has 0 saturated heterocycles. The van der Waals surface area contributed by atoms with E-state index in [1.807, 2.05) is 50.2 Å². The van der Waals surface area contributed by atoms with Crippen LogP contribution >= 0.6 is 0 Å². The number of carbonyl (C=O) groups is 1. The van der Waals surface area contributed by atoms with Crippen LogP contribution in [0.25, 0.3) is 0 Å². The number of nitrogens with one attached hydrogen (secondary N) is 2. The Morgan fingerprint density at radius 1 is 1.18 bits per heavy atom. The van der Waals surface area contributed by atoms with Crippen molar-refractivity contribution < 1.29 is 4.79 Å². The van der Waals surface area contributed by atoms with Crippen LogP contribution in [0.4, 0.5) is 17.2 Å². The lowest BCUT2D eigenvalue weighted by atomic mass is 10.2. The molecule has 0 aliphatic carbocycles. The fraction of sp³-hybridized carbons (Fsp3) is 0.250. The molecule has 3 aromatic rings. The third-order valence-electron chi connectivity index (χ3n) is 4.95. The second-order valence-corrected chi connectivity index (χ2v) is 8.01.